The number of carbonyl (C=O) groups excluding carboxylic acids is 1. The number of nitrogens with one attached hydrogen (secondary N) is 1. The summed E-state index contributed by atoms with van der Waals surface area (Å²) in [5.74, 6) is 1.93. The fourth-order valence-corrected chi connectivity index (χ4v) is 3.98. The van der Waals surface area contributed by atoms with E-state index in [4.69, 9.17) is 4.74 Å². The molecule has 3 unspecified atom stereocenters. The highest BCUT2D eigenvalue weighted by Crippen LogP contribution is 2.42. The summed E-state index contributed by atoms with van der Waals surface area (Å²) < 4.78 is 6.32. The molecule has 0 radical (unpaired) electrons. The average molecular weight is 330 g/mol. The Bertz CT molecular complexity index is 592. The molecule has 6 nitrogen and oxygen atoms in total. The number of nitrogens with zero attached hydrogens (tertiary/aromatic N) is 3. The van der Waals surface area contributed by atoms with Crippen LogP contribution in [0.5, 0.6) is 0 Å². The highest BCUT2D eigenvalue weighted by molar-refractivity contribution is 5.81. The lowest BCUT2D eigenvalue weighted by molar-refractivity contribution is -0.142. The molecule has 1 saturated carbocycles. The number of piperidine rings is 1. The van der Waals surface area contributed by atoms with Crippen LogP contribution in [-0.4, -0.2) is 47.2 Å². The van der Waals surface area contributed by atoms with Gasteiger partial charge in [-0.2, -0.15) is 0 Å². The van der Waals surface area contributed by atoms with Crippen molar-refractivity contribution >= 4 is 11.9 Å². The first-order chi connectivity index (χ1) is 11.7. The molecule has 3 atom stereocenters. The van der Waals surface area contributed by atoms with Crippen LogP contribution in [0.15, 0.2) is 18.5 Å². The van der Waals surface area contributed by atoms with Gasteiger partial charge in [0.05, 0.1) is 5.60 Å². The third-order valence-electron chi connectivity index (χ3n) is 5.79. The van der Waals surface area contributed by atoms with Crippen molar-refractivity contribution in [2.45, 2.75) is 50.7 Å². The van der Waals surface area contributed by atoms with Gasteiger partial charge in [0.15, 0.2) is 0 Å². The molecule has 0 bridgehead atoms. The molecule has 4 rings (SSSR count). The van der Waals surface area contributed by atoms with Crippen LogP contribution in [0.3, 0.4) is 0 Å². The van der Waals surface area contributed by atoms with Crippen molar-refractivity contribution < 1.29 is 9.53 Å². The Balaban J connectivity index is 1.35. The first kappa shape index (κ1) is 15.8. The van der Waals surface area contributed by atoms with Gasteiger partial charge in [0.25, 0.3) is 0 Å². The van der Waals surface area contributed by atoms with Gasteiger partial charge in [-0.3, -0.25) is 4.79 Å². The second-order valence-electron chi connectivity index (χ2n) is 7.54. The molecule has 1 aromatic heterocycles. The summed E-state index contributed by atoms with van der Waals surface area (Å²) in [7, 11) is 0. The lowest BCUT2D eigenvalue weighted by Crippen LogP contribution is -2.52. The number of amides is 1. The minimum Gasteiger partial charge on any atom is -0.362 e. The van der Waals surface area contributed by atoms with E-state index in [0.717, 1.165) is 44.8 Å². The first-order valence-corrected chi connectivity index (χ1v) is 9.14. The lowest BCUT2D eigenvalue weighted by atomic mass is 9.80. The number of ether oxygens (including phenoxy) is 1. The van der Waals surface area contributed by atoms with E-state index >= 15 is 0 Å². The maximum Gasteiger partial charge on any atom is 0.249 e. The molecule has 24 heavy (non-hydrogen) atoms. The molecule has 1 aliphatic carbocycles. The van der Waals surface area contributed by atoms with Crippen LogP contribution in [0.4, 0.5) is 5.95 Å². The SMILES string of the molecule is CC1CN(c2ncccn2)CCC12CCC(C(=O)NCC1CC1)O2. The molecule has 2 aliphatic heterocycles. The van der Waals surface area contributed by atoms with Gasteiger partial charge in [-0.15, -0.1) is 0 Å². The number of anilines is 1. The molecule has 1 N–H and O–H groups in total. The van der Waals surface area contributed by atoms with E-state index in [2.05, 4.69) is 27.1 Å². The van der Waals surface area contributed by atoms with Crippen LogP contribution in [0.1, 0.15) is 39.0 Å². The number of rotatable bonds is 4. The van der Waals surface area contributed by atoms with Crippen LogP contribution in [0.2, 0.25) is 0 Å². The molecule has 3 aliphatic rings. The Labute approximate surface area is 143 Å². The minimum absolute atomic E-state index is 0.0831. The van der Waals surface area contributed by atoms with Gasteiger partial charge in [0, 0.05) is 37.9 Å². The molecule has 1 aromatic rings. The predicted molar refractivity (Wildman–Crippen MR) is 90.6 cm³/mol. The summed E-state index contributed by atoms with van der Waals surface area (Å²) in [6.07, 6.45) is 8.54. The quantitative estimate of drug-likeness (QED) is 0.911. The lowest BCUT2D eigenvalue weighted by Gasteiger charge is -2.44. The second kappa shape index (κ2) is 6.31. The number of hydrogen-bond acceptors (Lipinski definition) is 5. The Morgan fingerprint density at radius 3 is 2.83 bits per heavy atom. The van der Waals surface area contributed by atoms with Crippen molar-refractivity contribution in [3.8, 4) is 0 Å². The summed E-state index contributed by atoms with van der Waals surface area (Å²) >= 11 is 0. The topological polar surface area (TPSA) is 67.4 Å². The van der Waals surface area contributed by atoms with E-state index in [9.17, 15) is 4.79 Å². The molecule has 3 fully saturated rings. The fourth-order valence-electron chi connectivity index (χ4n) is 3.98. The van der Waals surface area contributed by atoms with Crippen molar-refractivity contribution in [3.05, 3.63) is 18.5 Å². The zero-order valence-electron chi connectivity index (χ0n) is 14.3. The second-order valence-corrected chi connectivity index (χ2v) is 7.54. The fraction of sp³-hybridized carbons (Fsp3) is 0.722. The highest BCUT2D eigenvalue weighted by atomic mass is 16.5. The third kappa shape index (κ3) is 3.11. The van der Waals surface area contributed by atoms with Gasteiger partial charge >= 0.3 is 0 Å². The van der Waals surface area contributed by atoms with E-state index in [0.29, 0.717) is 11.8 Å². The van der Waals surface area contributed by atoms with E-state index < -0.39 is 0 Å². The minimum atomic E-state index is -0.272. The number of carbonyl (C=O) groups is 1. The number of hydrogen-bond donors (Lipinski definition) is 1. The molecule has 0 aromatic carbocycles. The van der Waals surface area contributed by atoms with Crippen molar-refractivity contribution in [1.82, 2.24) is 15.3 Å². The summed E-state index contributed by atoms with van der Waals surface area (Å²) in [5, 5.41) is 3.06. The monoisotopic (exact) mass is 330 g/mol. The van der Waals surface area contributed by atoms with E-state index in [1.54, 1.807) is 12.4 Å². The van der Waals surface area contributed by atoms with Gasteiger partial charge in [-0.05, 0) is 44.1 Å². The van der Waals surface area contributed by atoms with Crippen LogP contribution in [-0.2, 0) is 9.53 Å². The molecule has 6 heteroatoms. The maximum atomic E-state index is 12.3. The first-order valence-electron chi connectivity index (χ1n) is 9.14. The van der Waals surface area contributed by atoms with Crippen LogP contribution >= 0.6 is 0 Å². The molecule has 130 valence electrons. The zero-order valence-corrected chi connectivity index (χ0v) is 14.3. The van der Waals surface area contributed by atoms with E-state index in [-0.39, 0.29) is 17.6 Å². The summed E-state index contributed by atoms with van der Waals surface area (Å²) in [6.45, 7) is 4.80. The molecular weight excluding hydrogens is 304 g/mol. The molecule has 2 saturated heterocycles. The average Bonchev–Trinajstić information content (AvgIpc) is 3.35. The zero-order chi connectivity index (χ0) is 16.6. The summed E-state index contributed by atoms with van der Waals surface area (Å²) in [5.41, 5.74) is -0.160. The Morgan fingerprint density at radius 2 is 2.12 bits per heavy atom. The maximum absolute atomic E-state index is 12.3. The van der Waals surface area contributed by atoms with Gasteiger partial charge in [0.1, 0.15) is 6.10 Å². The standard InChI is InChI=1S/C18H26N4O2/c1-13-12-22(17-19-8-2-9-20-17)10-7-18(13)6-5-15(24-18)16(23)21-11-14-3-4-14/h2,8-9,13-15H,3-7,10-12H2,1H3,(H,21,23). The Hall–Kier alpha value is -1.69. The smallest absolute Gasteiger partial charge is 0.249 e. The van der Waals surface area contributed by atoms with Crippen LogP contribution < -0.4 is 10.2 Å². The molecule has 3 heterocycles. The van der Waals surface area contributed by atoms with E-state index in [1.807, 2.05) is 6.07 Å². The Morgan fingerprint density at radius 1 is 1.33 bits per heavy atom. The van der Waals surface area contributed by atoms with E-state index in [1.165, 1.54) is 12.8 Å². The molecule has 1 spiro atoms. The van der Waals surface area contributed by atoms with Crippen molar-refractivity contribution in [2.75, 3.05) is 24.5 Å². The highest BCUT2D eigenvalue weighted by Gasteiger charge is 2.49. The van der Waals surface area contributed by atoms with Crippen molar-refractivity contribution in [2.24, 2.45) is 11.8 Å². The summed E-state index contributed by atoms with van der Waals surface area (Å²) in [4.78, 5) is 23.3. The predicted octanol–water partition coefficient (Wildman–Crippen LogP) is 1.77. The normalized spacial score (nSPS) is 33.0. The van der Waals surface area contributed by atoms with Gasteiger partial charge in [0.2, 0.25) is 11.9 Å². The van der Waals surface area contributed by atoms with Gasteiger partial charge < -0.3 is 15.0 Å². The Kier molecular flexibility index (Phi) is 4.16. The van der Waals surface area contributed by atoms with Crippen LogP contribution in [0.25, 0.3) is 0 Å². The number of aromatic nitrogens is 2. The van der Waals surface area contributed by atoms with Crippen molar-refractivity contribution in [3.63, 3.8) is 0 Å². The largest absolute Gasteiger partial charge is 0.362 e. The molecule has 1 amide bonds. The van der Waals surface area contributed by atoms with Crippen molar-refractivity contribution in [1.29, 1.82) is 0 Å². The third-order valence-corrected chi connectivity index (χ3v) is 5.79. The van der Waals surface area contributed by atoms with Crippen LogP contribution in [0, 0.1) is 11.8 Å². The van der Waals surface area contributed by atoms with Gasteiger partial charge in [-0.1, -0.05) is 6.92 Å². The van der Waals surface area contributed by atoms with Gasteiger partial charge in [-0.25, -0.2) is 9.97 Å². The summed E-state index contributed by atoms with van der Waals surface area (Å²) in [6, 6.07) is 1.84. The molecular formula is C18H26N4O2.